The van der Waals surface area contributed by atoms with Gasteiger partial charge in [0.1, 0.15) is 17.3 Å². The monoisotopic (exact) mass is 391 g/mol. The van der Waals surface area contributed by atoms with E-state index in [1.165, 1.54) is 18.5 Å². The SMILES string of the molecule is COc1cc(C(=O)Nc2ccc(-c3ncc4n3CCCC4)cc2)cc(OC)c1C. The van der Waals surface area contributed by atoms with E-state index in [-0.39, 0.29) is 5.91 Å². The zero-order valence-electron chi connectivity index (χ0n) is 17.0. The topological polar surface area (TPSA) is 65.4 Å². The fourth-order valence-electron chi connectivity index (χ4n) is 3.79. The third-order valence-corrected chi connectivity index (χ3v) is 5.42. The van der Waals surface area contributed by atoms with Crippen LogP contribution in [0, 0.1) is 6.92 Å². The Kier molecular flexibility index (Phi) is 5.25. The number of imidazole rings is 1. The van der Waals surface area contributed by atoms with Crippen LogP contribution in [0.2, 0.25) is 0 Å². The summed E-state index contributed by atoms with van der Waals surface area (Å²) >= 11 is 0. The Bertz CT molecular complexity index is 1010. The van der Waals surface area contributed by atoms with Gasteiger partial charge in [0.15, 0.2) is 0 Å². The largest absolute Gasteiger partial charge is 0.496 e. The maximum absolute atomic E-state index is 12.7. The molecule has 0 fully saturated rings. The highest BCUT2D eigenvalue weighted by Crippen LogP contribution is 2.30. The number of anilines is 1. The summed E-state index contributed by atoms with van der Waals surface area (Å²) in [5.41, 5.74) is 4.41. The molecule has 29 heavy (non-hydrogen) atoms. The van der Waals surface area contributed by atoms with Crippen molar-refractivity contribution in [3.05, 3.63) is 59.4 Å². The highest BCUT2D eigenvalue weighted by Gasteiger charge is 2.16. The van der Waals surface area contributed by atoms with Gasteiger partial charge in [0.25, 0.3) is 5.91 Å². The molecule has 0 atom stereocenters. The molecule has 1 aliphatic rings. The van der Waals surface area contributed by atoms with Gasteiger partial charge in [-0.2, -0.15) is 0 Å². The summed E-state index contributed by atoms with van der Waals surface area (Å²) in [5.74, 6) is 2.01. The molecule has 0 bridgehead atoms. The molecule has 1 aliphatic heterocycles. The van der Waals surface area contributed by atoms with Gasteiger partial charge in [-0.15, -0.1) is 0 Å². The fraction of sp³-hybridized carbons (Fsp3) is 0.304. The predicted molar refractivity (Wildman–Crippen MR) is 113 cm³/mol. The van der Waals surface area contributed by atoms with E-state index < -0.39 is 0 Å². The van der Waals surface area contributed by atoms with E-state index in [2.05, 4.69) is 14.9 Å². The van der Waals surface area contributed by atoms with E-state index in [4.69, 9.17) is 9.47 Å². The number of methoxy groups -OCH3 is 2. The van der Waals surface area contributed by atoms with Gasteiger partial charge in [0.05, 0.1) is 14.2 Å². The number of amides is 1. The zero-order valence-corrected chi connectivity index (χ0v) is 17.0. The third-order valence-electron chi connectivity index (χ3n) is 5.42. The molecule has 1 N–H and O–H groups in total. The summed E-state index contributed by atoms with van der Waals surface area (Å²) in [6.45, 7) is 2.91. The fourth-order valence-corrected chi connectivity index (χ4v) is 3.79. The maximum Gasteiger partial charge on any atom is 0.255 e. The Morgan fingerprint density at radius 3 is 2.41 bits per heavy atom. The third kappa shape index (κ3) is 3.70. The van der Waals surface area contributed by atoms with E-state index >= 15 is 0 Å². The second-order valence-corrected chi connectivity index (χ2v) is 7.22. The van der Waals surface area contributed by atoms with Gasteiger partial charge in [-0.3, -0.25) is 4.79 Å². The first-order valence-electron chi connectivity index (χ1n) is 9.79. The molecule has 1 aromatic heterocycles. The van der Waals surface area contributed by atoms with E-state index in [1.54, 1.807) is 26.4 Å². The number of carbonyl (C=O) groups is 1. The van der Waals surface area contributed by atoms with Crippen LogP contribution >= 0.6 is 0 Å². The smallest absolute Gasteiger partial charge is 0.255 e. The number of ether oxygens (including phenoxy) is 2. The average molecular weight is 391 g/mol. The lowest BCUT2D eigenvalue weighted by Gasteiger charge is -2.16. The Balaban J connectivity index is 1.53. The lowest BCUT2D eigenvalue weighted by Crippen LogP contribution is -2.13. The molecule has 0 spiro atoms. The van der Waals surface area contributed by atoms with E-state index in [0.717, 1.165) is 35.6 Å². The number of aromatic nitrogens is 2. The predicted octanol–water partition coefficient (Wildman–Crippen LogP) is 4.46. The number of aryl methyl sites for hydroxylation is 1. The summed E-state index contributed by atoms with van der Waals surface area (Å²) in [6, 6.07) is 11.2. The van der Waals surface area contributed by atoms with Gasteiger partial charge in [0.2, 0.25) is 0 Å². The van der Waals surface area contributed by atoms with E-state index in [1.807, 2.05) is 37.4 Å². The average Bonchev–Trinajstić information content (AvgIpc) is 3.18. The molecule has 0 aliphatic carbocycles. The number of rotatable bonds is 5. The highest BCUT2D eigenvalue weighted by atomic mass is 16.5. The summed E-state index contributed by atoms with van der Waals surface area (Å²) in [6.07, 6.45) is 5.48. The molecule has 0 unspecified atom stereocenters. The first-order valence-corrected chi connectivity index (χ1v) is 9.79. The lowest BCUT2D eigenvalue weighted by atomic mass is 10.1. The van der Waals surface area contributed by atoms with Crippen molar-refractivity contribution >= 4 is 11.6 Å². The van der Waals surface area contributed by atoms with Crippen LogP contribution in [0.5, 0.6) is 11.5 Å². The van der Waals surface area contributed by atoms with Crippen LogP contribution in [0.25, 0.3) is 11.4 Å². The second-order valence-electron chi connectivity index (χ2n) is 7.22. The lowest BCUT2D eigenvalue weighted by molar-refractivity contribution is 0.102. The van der Waals surface area contributed by atoms with Crippen molar-refractivity contribution in [2.24, 2.45) is 0 Å². The number of hydrogen-bond donors (Lipinski definition) is 1. The minimum Gasteiger partial charge on any atom is -0.496 e. The zero-order chi connectivity index (χ0) is 20.4. The van der Waals surface area contributed by atoms with Crippen molar-refractivity contribution in [3.8, 4) is 22.9 Å². The Hall–Kier alpha value is -3.28. The number of hydrogen-bond acceptors (Lipinski definition) is 4. The molecule has 0 radical (unpaired) electrons. The minimum absolute atomic E-state index is 0.215. The van der Waals surface area contributed by atoms with Gasteiger partial charge < -0.3 is 19.4 Å². The number of nitrogens with one attached hydrogen (secondary N) is 1. The highest BCUT2D eigenvalue weighted by molar-refractivity contribution is 6.05. The number of carbonyl (C=O) groups excluding carboxylic acids is 1. The molecule has 2 heterocycles. The first kappa shape index (κ1) is 19.1. The van der Waals surface area contributed by atoms with Crippen LogP contribution in [0.4, 0.5) is 5.69 Å². The summed E-state index contributed by atoms with van der Waals surface area (Å²) in [7, 11) is 3.16. The van der Waals surface area contributed by atoms with Gasteiger partial charge in [-0.25, -0.2) is 4.98 Å². The van der Waals surface area contributed by atoms with E-state index in [0.29, 0.717) is 17.1 Å². The van der Waals surface area contributed by atoms with Crippen LogP contribution in [-0.2, 0) is 13.0 Å². The van der Waals surface area contributed by atoms with Gasteiger partial charge in [-0.1, -0.05) is 0 Å². The molecule has 3 aromatic rings. The molecular weight excluding hydrogens is 366 g/mol. The van der Waals surface area contributed by atoms with Crippen LogP contribution in [0.1, 0.15) is 34.5 Å². The molecule has 6 heteroatoms. The molecule has 6 nitrogen and oxygen atoms in total. The quantitative estimate of drug-likeness (QED) is 0.697. The van der Waals surface area contributed by atoms with Crippen molar-refractivity contribution in [3.63, 3.8) is 0 Å². The van der Waals surface area contributed by atoms with Gasteiger partial charge >= 0.3 is 0 Å². The minimum atomic E-state index is -0.215. The van der Waals surface area contributed by atoms with Crippen molar-refractivity contribution < 1.29 is 14.3 Å². The van der Waals surface area contributed by atoms with Crippen LogP contribution in [0.3, 0.4) is 0 Å². The second kappa shape index (κ2) is 7.99. The van der Waals surface area contributed by atoms with Crippen molar-refractivity contribution in [1.29, 1.82) is 0 Å². The molecule has 150 valence electrons. The van der Waals surface area contributed by atoms with E-state index in [9.17, 15) is 4.79 Å². The van der Waals surface area contributed by atoms with Crippen molar-refractivity contribution in [2.75, 3.05) is 19.5 Å². The van der Waals surface area contributed by atoms with Crippen LogP contribution in [-0.4, -0.2) is 29.7 Å². The number of nitrogens with zero attached hydrogens (tertiary/aromatic N) is 2. The number of benzene rings is 2. The van der Waals surface area contributed by atoms with Gasteiger partial charge in [-0.05, 0) is 62.6 Å². The van der Waals surface area contributed by atoms with Crippen LogP contribution in [0.15, 0.2) is 42.6 Å². The summed E-state index contributed by atoms with van der Waals surface area (Å²) in [4.78, 5) is 17.3. The Labute approximate surface area is 170 Å². The molecule has 2 aromatic carbocycles. The van der Waals surface area contributed by atoms with Crippen molar-refractivity contribution in [2.45, 2.75) is 32.7 Å². The van der Waals surface area contributed by atoms with Crippen molar-refractivity contribution in [1.82, 2.24) is 9.55 Å². The molecule has 4 rings (SSSR count). The Morgan fingerprint density at radius 1 is 1.07 bits per heavy atom. The molecule has 0 saturated heterocycles. The van der Waals surface area contributed by atoms with Gasteiger partial charge in [0, 0.05) is 40.8 Å². The summed E-state index contributed by atoms with van der Waals surface area (Å²) in [5, 5.41) is 2.94. The molecule has 1 amide bonds. The first-order chi connectivity index (χ1) is 14.1. The normalized spacial score (nSPS) is 12.9. The molecule has 0 saturated carbocycles. The Morgan fingerprint density at radius 2 is 1.76 bits per heavy atom. The molecular formula is C23H25N3O3. The number of fused-ring (bicyclic) bond motifs is 1. The van der Waals surface area contributed by atoms with Crippen LogP contribution < -0.4 is 14.8 Å². The summed E-state index contributed by atoms with van der Waals surface area (Å²) < 4.78 is 13.0. The maximum atomic E-state index is 12.7. The standard InChI is InChI=1S/C23H25N3O3/c1-15-20(28-2)12-17(13-21(15)29-3)23(27)25-18-9-7-16(8-10-18)22-24-14-19-6-4-5-11-26(19)22/h7-10,12-14H,4-6,11H2,1-3H3,(H,25,27).